The van der Waals surface area contributed by atoms with Gasteiger partial charge >= 0.3 is 6.03 Å². The van der Waals surface area contributed by atoms with Crippen molar-refractivity contribution < 1.29 is 13.9 Å². The van der Waals surface area contributed by atoms with E-state index in [-0.39, 0.29) is 11.1 Å². The molecule has 6 heteroatoms. The van der Waals surface area contributed by atoms with Crippen LogP contribution in [0.5, 0.6) is 5.75 Å². The molecule has 2 amide bonds. The van der Waals surface area contributed by atoms with Crippen LogP contribution >= 0.6 is 11.6 Å². The van der Waals surface area contributed by atoms with Crippen molar-refractivity contribution in [3.8, 4) is 5.75 Å². The quantitative estimate of drug-likeness (QED) is 0.878. The third kappa shape index (κ3) is 4.63. The van der Waals surface area contributed by atoms with Gasteiger partial charge in [0.05, 0.1) is 12.1 Å². The molecule has 0 heterocycles. The van der Waals surface area contributed by atoms with Gasteiger partial charge in [-0.05, 0) is 42.3 Å². The average molecular weight is 323 g/mol. The molecular formula is C16H16ClFN2O2. The first-order valence-corrected chi connectivity index (χ1v) is 7.09. The SMILES string of the molecule is COc1cccc(CCNC(=O)Nc2ccc(F)c(Cl)c2)c1. The van der Waals surface area contributed by atoms with Crippen LogP contribution in [0.25, 0.3) is 0 Å². The van der Waals surface area contributed by atoms with E-state index in [0.717, 1.165) is 11.3 Å². The average Bonchev–Trinajstić information content (AvgIpc) is 2.51. The summed E-state index contributed by atoms with van der Waals surface area (Å²) in [5.74, 6) is 0.258. The summed E-state index contributed by atoms with van der Waals surface area (Å²) >= 11 is 5.65. The van der Waals surface area contributed by atoms with E-state index in [1.54, 1.807) is 7.11 Å². The molecule has 0 unspecified atom stereocenters. The molecule has 0 bridgehead atoms. The molecule has 0 aliphatic rings. The summed E-state index contributed by atoms with van der Waals surface area (Å²) in [5.41, 5.74) is 1.50. The lowest BCUT2D eigenvalue weighted by molar-refractivity contribution is 0.252. The van der Waals surface area contributed by atoms with Gasteiger partial charge in [-0.25, -0.2) is 9.18 Å². The summed E-state index contributed by atoms with van der Waals surface area (Å²) in [6.07, 6.45) is 0.675. The molecule has 0 fully saturated rings. The second-order valence-electron chi connectivity index (χ2n) is 4.61. The summed E-state index contributed by atoms with van der Waals surface area (Å²) in [7, 11) is 1.61. The van der Waals surface area contributed by atoms with E-state index >= 15 is 0 Å². The Morgan fingerprint density at radius 3 is 2.82 bits per heavy atom. The second-order valence-corrected chi connectivity index (χ2v) is 5.02. The van der Waals surface area contributed by atoms with Crippen molar-refractivity contribution in [3.63, 3.8) is 0 Å². The Bertz CT molecular complexity index is 664. The first kappa shape index (κ1) is 16.1. The molecule has 4 nitrogen and oxygen atoms in total. The van der Waals surface area contributed by atoms with Crippen molar-refractivity contribution in [2.24, 2.45) is 0 Å². The van der Waals surface area contributed by atoms with Crippen LogP contribution in [-0.4, -0.2) is 19.7 Å². The molecule has 0 aromatic heterocycles. The number of benzene rings is 2. The lowest BCUT2D eigenvalue weighted by Crippen LogP contribution is -2.30. The fraction of sp³-hybridized carbons (Fsp3) is 0.188. The number of hydrogen-bond donors (Lipinski definition) is 2. The molecule has 0 radical (unpaired) electrons. The highest BCUT2D eigenvalue weighted by atomic mass is 35.5. The molecule has 0 spiro atoms. The number of methoxy groups -OCH3 is 1. The summed E-state index contributed by atoms with van der Waals surface area (Å²) in [5, 5.41) is 5.28. The Balaban J connectivity index is 1.81. The van der Waals surface area contributed by atoms with E-state index in [1.165, 1.54) is 18.2 Å². The molecular weight excluding hydrogens is 307 g/mol. The maximum absolute atomic E-state index is 13.0. The normalized spacial score (nSPS) is 10.1. The van der Waals surface area contributed by atoms with Crippen molar-refractivity contribution in [1.82, 2.24) is 5.32 Å². The number of anilines is 1. The minimum atomic E-state index is -0.523. The van der Waals surface area contributed by atoms with Crippen LogP contribution in [-0.2, 0) is 6.42 Å². The fourth-order valence-corrected chi connectivity index (χ4v) is 2.08. The largest absolute Gasteiger partial charge is 0.497 e. The Labute approximate surface area is 133 Å². The van der Waals surface area contributed by atoms with Crippen LogP contribution < -0.4 is 15.4 Å². The van der Waals surface area contributed by atoms with Gasteiger partial charge < -0.3 is 15.4 Å². The van der Waals surface area contributed by atoms with Crippen LogP contribution in [0, 0.1) is 5.82 Å². The number of carbonyl (C=O) groups is 1. The van der Waals surface area contributed by atoms with Crippen LogP contribution in [0.4, 0.5) is 14.9 Å². The van der Waals surface area contributed by atoms with Crippen LogP contribution in [0.15, 0.2) is 42.5 Å². The number of carbonyl (C=O) groups excluding carboxylic acids is 1. The van der Waals surface area contributed by atoms with Crippen molar-refractivity contribution in [2.45, 2.75) is 6.42 Å². The third-order valence-electron chi connectivity index (χ3n) is 3.01. The van der Waals surface area contributed by atoms with Crippen molar-refractivity contribution in [2.75, 3.05) is 19.0 Å². The highest BCUT2D eigenvalue weighted by molar-refractivity contribution is 6.31. The van der Waals surface area contributed by atoms with E-state index in [2.05, 4.69) is 10.6 Å². The van der Waals surface area contributed by atoms with E-state index in [4.69, 9.17) is 16.3 Å². The van der Waals surface area contributed by atoms with Gasteiger partial charge in [0.25, 0.3) is 0 Å². The number of rotatable bonds is 5. The first-order valence-electron chi connectivity index (χ1n) is 6.71. The van der Waals surface area contributed by atoms with Gasteiger partial charge in [0.1, 0.15) is 11.6 Å². The van der Waals surface area contributed by atoms with Crippen LogP contribution in [0.3, 0.4) is 0 Å². The van der Waals surface area contributed by atoms with E-state index in [0.29, 0.717) is 18.7 Å². The lowest BCUT2D eigenvalue weighted by atomic mass is 10.1. The zero-order chi connectivity index (χ0) is 15.9. The van der Waals surface area contributed by atoms with Crippen molar-refractivity contribution in [1.29, 1.82) is 0 Å². The van der Waals surface area contributed by atoms with E-state index in [1.807, 2.05) is 24.3 Å². The zero-order valence-electron chi connectivity index (χ0n) is 12.0. The van der Waals surface area contributed by atoms with Gasteiger partial charge in [0, 0.05) is 12.2 Å². The Hall–Kier alpha value is -2.27. The zero-order valence-corrected chi connectivity index (χ0v) is 12.8. The summed E-state index contributed by atoms with van der Waals surface area (Å²) in [6.45, 7) is 0.466. The molecule has 2 N–H and O–H groups in total. The molecule has 0 aliphatic carbocycles. The number of hydrogen-bond acceptors (Lipinski definition) is 2. The monoisotopic (exact) mass is 322 g/mol. The topological polar surface area (TPSA) is 50.4 Å². The minimum absolute atomic E-state index is 0.0332. The van der Waals surface area contributed by atoms with Gasteiger partial charge in [-0.2, -0.15) is 0 Å². The summed E-state index contributed by atoms with van der Waals surface area (Å²) in [4.78, 5) is 11.7. The first-order chi connectivity index (χ1) is 10.6. The minimum Gasteiger partial charge on any atom is -0.497 e. The van der Waals surface area contributed by atoms with Gasteiger partial charge in [-0.3, -0.25) is 0 Å². The molecule has 0 aliphatic heterocycles. The van der Waals surface area contributed by atoms with E-state index < -0.39 is 5.82 Å². The highest BCUT2D eigenvalue weighted by Crippen LogP contribution is 2.19. The van der Waals surface area contributed by atoms with Crippen LogP contribution in [0.2, 0.25) is 5.02 Å². The Morgan fingerprint density at radius 1 is 1.27 bits per heavy atom. The molecule has 2 aromatic rings. The molecule has 22 heavy (non-hydrogen) atoms. The molecule has 0 atom stereocenters. The standard InChI is InChI=1S/C16H16ClFN2O2/c1-22-13-4-2-3-11(9-13)7-8-19-16(21)20-12-5-6-15(18)14(17)10-12/h2-6,9-10H,7-8H2,1H3,(H2,19,20,21). The molecule has 2 aromatic carbocycles. The molecule has 0 saturated carbocycles. The van der Waals surface area contributed by atoms with Crippen molar-refractivity contribution >= 4 is 23.3 Å². The predicted molar refractivity (Wildman–Crippen MR) is 85.1 cm³/mol. The van der Waals surface area contributed by atoms with Crippen LogP contribution in [0.1, 0.15) is 5.56 Å². The number of urea groups is 1. The van der Waals surface area contributed by atoms with Gasteiger partial charge in [-0.1, -0.05) is 23.7 Å². The Kier molecular flexibility index (Phi) is 5.61. The maximum atomic E-state index is 13.0. The molecule has 2 rings (SSSR count). The Morgan fingerprint density at radius 2 is 2.09 bits per heavy atom. The van der Waals surface area contributed by atoms with Gasteiger partial charge in [0.15, 0.2) is 0 Å². The second kappa shape index (κ2) is 7.66. The third-order valence-corrected chi connectivity index (χ3v) is 3.30. The van der Waals surface area contributed by atoms with E-state index in [9.17, 15) is 9.18 Å². The lowest BCUT2D eigenvalue weighted by Gasteiger charge is -2.09. The van der Waals surface area contributed by atoms with Gasteiger partial charge in [0.2, 0.25) is 0 Å². The molecule has 116 valence electrons. The highest BCUT2D eigenvalue weighted by Gasteiger charge is 2.05. The molecule has 0 saturated heterocycles. The van der Waals surface area contributed by atoms with Gasteiger partial charge in [-0.15, -0.1) is 0 Å². The predicted octanol–water partition coefficient (Wildman–Crippen LogP) is 3.85. The number of ether oxygens (including phenoxy) is 1. The summed E-state index contributed by atoms with van der Waals surface area (Å²) in [6, 6.07) is 11.3. The van der Waals surface area contributed by atoms with Crippen molar-refractivity contribution in [3.05, 3.63) is 58.9 Å². The maximum Gasteiger partial charge on any atom is 0.319 e. The number of amides is 2. The number of halogens is 2. The summed E-state index contributed by atoms with van der Waals surface area (Å²) < 4.78 is 18.2. The smallest absolute Gasteiger partial charge is 0.319 e. The number of nitrogens with one attached hydrogen (secondary N) is 2. The fourth-order valence-electron chi connectivity index (χ4n) is 1.90.